The third-order valence-corrected chi connectivity index (χ3v) is 5.69. The zero-order chi connectivity index (χ0) is 13.7. The average Bonchev–Trinajstić information content (AvgIpc) is 3.10. The Balaban J connectivity index is 1.73. The number of fused-ring (bicyclic) bond motifs is 5. The van der Waals surface area contributed by atoms with Crippen molar-refractivity contribution in [3.8, 4) is 0 Å². The van der Waals surface area contributed by atoms with Gasteiger partial charge in [0, 0.05) is 17.5 Å². The molecular formula is C18H22N2. The number of rotatable bonds is 2. The van der Waals surface area contributed by atoms with Gasteiger partial charge in [0.15, 0.2) is 0 Å². The van der Waals surface area contributed by atoms with Gasteiger partial charge in [-0.2, -0.15) is 10.2 Å². The first-order chi connectivity index (χ1) is 9.78. The van der Waals surface area contributed by atoms with Crippen LogP contribution in [0.4, 0.5) is 0 Å². The topological polar surface area (TPSA) is 24.7 Å². The molecule has 4 unspecified atom stereocenters. The van der Waals surface area contributed by atoms with E-state index in [2.05, 4.69) is 48.3 Å². The van der Waals surface area contributed by atoms with Gasteiger partial charge in [-0.15, -0.1) is 0 Å². The Morgan fingerprint density at radius 3 is 2.40 bits per heavy atom. The molecular weight excluding hydrogens is 244 g/mol. The van der Waals surface area contributed by atoms with Gasteiger partial charge in [0.25, 0.3) is 0 Å². The van der Waals surface area contributed by atoms with Crippen LogP contribution in [0.2, 0.25) is 0 Å². The molecule has 0 spiro atoms. The van der Waals surface area contributed by atoms with E-state index < -0.39 is 0 Å². The van der Waals surface area contributed by atoms with Crippen molar-refractivity contribution in [1.82, 2.24) is 0 Å². The monoisotopic (exact) mass is 266 g/mol. The van der Waals surface area contributed by atoms with Crippen LogP contribution in [0.25, 0.3) is 0 Å². The third kappa shape index (κ3) is 1.70. The fraction of sp³-hybridized carbons (Fsp3) is 0.556. The molecule has 1 aromatic carbocycles. The zero-order valence-corrected chi connectivity index (χ0v) is 12.3. The molecule has 1 aliphatic heterocycles. The van der Waals surface area contributed by atoms with Gasteiger partial charge in [-0.05, 0) is 55.6 Å². The summed E-state index contributed by atoms with van der Waals surface area (Å²) in [6.45, 7) is 4.38. The second-order valence-corrected chi connectivity index (χ2v) is 6.66. The summed E-state index contributed by atoms with van der Waals surface area (Å²) < 4.78 is 0. The fourth-order valence-corrected chi connectivity index (χ4v) is 4.71. The Labute approximate surface area is 121 Å². The van der Waals surface area contributed by atoms with Crippen molar-refractivity contribution in [2.75, 3.05) is 0 Å². The number of aryl methyl sites for hydroxylation is 1. The lowest BCUT2D eigenvalue weighted by Gasteiger charge is -2.34. The summed E-state index contributed by atoms with van der Waals surface area (Å²) in [6, 6.07) is 8.98. The fourth-order valence-electron chi connectivity index (χ4n) is 4.71. The number of benzene rings is 1. The first kappa shape index (κ1) is 12.3. The highest BCUT2D eigenvalue weighted by molar-refractivity contribution is 6.07. The van der Waals surface area contributed by atoms with E-state index in [1.807, 2.05) is 0 Å². The van der Waals surface area contributed by atoms with E-state index in [0.717, 1.165) is 18.3 Å². The minimum Gasteiger partial charge on any atom is -0.160 e. The van der Waals surface area contributed by atoms with E-state index in [0.29, 0.717) is 11.8 Å². The Kier molecular flexibility index (Phi) is 2.80. The van der Waals surface area contributed by atoms with E-state index in [-0.39, 0.29) is 0 Å². The molecule has 1 aromatic rings. The Morgan fingerprint density at radius 1 is 1.00 bits per heavy atom. The lowest BCUT2D eigenvalue weighted by molar-refractivity contribution is 0.349. The maximum absolute atomic E-state index is 4.60. The third-order valence-electron chi connectivity index (χ3n) is 5.69. The highest BCUT2D eigenvalue weighted by Crippen LogP contribution is 2.54. The van der Waals surface area contributed by atoms with Gasteiger partial charge in [-0.1, -0.05) is 31.2 Å². The lowest BCUT2D eigenvalue weighted by Crippen LogP contribution is -2.36. The number of hydrogen-bond donors (Lipinski definition) is 0. The molecule has 1 heterocycles. The predicted octanol–water partition coefficient (Wildman–Crippen LogP) is 4.09. The molecule has 4 atom stereocenters. The summed E-state index contributed by atoms with van der Waals surface area (Å²) in [5.74, 6) is 3.03. The van der Waals surface area contributed by atoms with Crippen LogP contribution in [0.5, 0.6) is 0 Å². The van der Waals surface area contributed by atoms with Gasteiger partial charge < -0.3 is 0 Å². The van der Waals surface area contributed by atoms with Crippen LogP contribution >= 0.6 is 0 Å². The zero-order valence-electron chi connectivity index (χ0n) is 12.3. The van der Waals surface area contributed by atoms with Crippen LogP contribution in [0.3, 0.4) is 0 Å². The molecule has 104 valence electrons. The maximum atomic E-state index is 4.60. The number of hydrogen-bond acceptors (Lipinski definition) is 2. The van der Waals surface area contributed by atoms with Gasteiger partial charge in [-0.25, -0.2) is 0 Å². The van der Waals surface area contributed by atoms with Gasteiger partial charge in [0.1, 0.15) is 0 Å². The summed E-state index contributed by atoms with van der Waals surface area (Å²) in [5.41, 5.74) is 5.22. The first-order valence-electron chi connectivity index (χ1n) is 7.99. The van der Waals surface area contributed by atoms with Crippen molar-refractivity contribution >= 4 is 11.4 Å². The summed E-state index contributed by atoms with van der Waals surface area (Å²) in [6.07, 6.45) is 5.29. The molecule has 2 bridgehead atoms. The SMILES string of the molecule is CCc1ccc(C2=NN=C(C)C3C4CCC(C4)C23)cc1. The highest BCUT2D eigenvalue weighted by atomic mass is 15.2. The summed E-state index contributed by atoms with van der Waals surface area (Å²) >= 11 is 0. The van der Waals surface area contributed by atoms with E-state index in [9.17, 15) is 0 Å². The molecule has 2 nitrogen and oxygen atoms in total. The normalized spacial score (nSPS) is 34.7. The van der Waals surface area contributed by atoms with Crippen molar-refractivity contribution in [2.24, 2.45) is 33.9 Å². The second-order valence-electron chi connectivity index (χ2n) is 6.66. The quantitative estimate of drug-likeness (QED) is 0.770. The predicted molar refractivity (Wildman–Crippen MR) is 83.3 cm³/mol. The molecule has 0 aromatic heterocycles. The highest BCUT2D eigenvalue weighted by Gasteiger charge is 2.51. The summed E-state index contributed by atoms with van der Waals surface area (Å²) in [4.78, 5) is 0. The van der Waals surface area contributed by atoms with Gasteiger partial charge in [-0.3, -0.25) is 0 Å². The van der Waals surface area contributed by atoms with Crippen molar-refractivity contribution in [3.63, 3.8) is 0 Å². The summed E-state index contributed by atoms with van der Waals surface area (Å²) in [5, 5.41) is 9.10. The standard InChI is InChI=1S/C18H22N2/c1-3-12-4-6-13(7-5-12)18-17-15-9-8-14(10-15)16(17)11(2)19-20-18/h4-7,14-17H,3,8-10H2,1-2H3. The van der Waals surface area contributed by atoms with Crippen LogP contribution < -0.4 is 0 Å². The molecule has 3 aliphatic rings. The van der Waals surface area contributed by atoms with Crippen molar-refractivity contribution < 1.29 is 0 Å². The Bertz CT molecular complexity index is 582. The van der Waals surface area contributed by atoms with E-state index in [4.69, 9.17) is 0 Å². The molecule has 0 saturated heterocycles. The molecule has 0 radical (unpaired) electrons. The van der Waals surface area contributed by atoms with Gasteiger partial charge >= 0.3 is 0 Å². The van der Waals surface area contributed by atoms with Crippen molar-refractivity contribution in [3.05, 3.63) is 35.4 Å². The lowest BCUT2D eigenvalue weighted by atomic mass is 9.72. The minimum absolute atomic E-state index is 0.638. The average molecular weight is 266 g/mol. The molecule has 2 heteroatoms. The van der Waals surface area contributed by atoms with Crippen LogP contribution in [0.15, 0.2) is 34.5 Å². The molecule has 4 rings (SSSR count). The second kappa shape index (κ2) is 4.54. The van der Waals surface area contributed by atoms with E-state index in [1.54, 1.807) is 0 Å². The minimum atomic E-state index is 0.638. The smallest absolute Gasteiger partial charge is 0.0742 e. The molecule has 2 aliphatic carbocycles. The van der Waals surface area contributed by atoms with E-state index in [1.165, 1.54) is 41.8 Å². The first-order valence-corrected chi connectivity index (χ1v) is 7.99. The molecule has 20 heavy (non-hydrogen) atoms. The Morgan fingerprint density at radius 2 is 1.70 bits per heavy atom. The summed E-state index contributed by atoms with van der Waals surface area (Å²) in [7, 11) is 0. The number of nitrogens with zero attached hydrogens (tertiary/aromatic N) is 2. The van der Waals surface area contributed by atoms with Gasteiger partial charge in [0.2, 0.25) is 0 Å². The largest absolute Gasteiger partial charge is 0.160 e. The van der Waals surface area contributed by atoms with Crippen LogP contribution in [-0.4, -0.2) is 11.4 Å². The van der Waals surface area contributed by atoms with Crippen molar-refractivity contribution in [2.45, 2.75) is 39.5 Å². The van der Waals surface area contributed by atoms with E-state index >= 15 is 0 Å². The van der Waals surface area contributed by atoms with Gasteiger partial charge in [0.05, 0.1) is 5.71 Å². The molecule has 2 saturated carbocycles. The molecule has 0 N–H and O–H groups in total. The molecule has 0 amide bonds. The maximum Gasteiger partial charge on any atom is 0.0742 e. The molecule has 2 fully saturated rings. The van der Waals surface area contributed by atoms with Crippen LogP contribution in [0, 0.1) is 23.7 Å². The van der Waals surface area contributed by atoms with Crippen molar-refractivity contribution in [1.29, 1.82) is 0 Å². The van der Waals surface area contributed by atoms with Crippen LogP contribution in [-0.2, 0) is 6.42 Å². The van der Waals surface area contributed by atoms with Crippen LogP contribution in [0.1, 0.15) is 44.2 Å². The Hall–Kier alpha value is -1.44.